The maximum absolute atomic E-state index is 12.4. The minimum Gasteiger partial charge on any atom is -0.460 e. The summed E-state index contributed by atoms with van der Waals surface area (Å²) < 4.78 is 8.98. The second kappa shape index (κ2) is 7.17. The Kier molecular flexibility index (Phi) is 4.80. The van der Waals surface area contributed by atoms with Gasteiger partial charge in [0.2, 0.25) is 0 Å². The molecule has 0 aromatic carbocycles. The number of rotatable bonds is 3. The molecule has 1 saturated carbocycles. The standard InChI is InChI=1S/C21H28N6O2/c1-21(2,3)29-20(28)14-7-5-13(6-8-14)17-9-18(22)27-19(25-17)16(11-24-27)15-10-23-26(4)12-15/h9-14H,5-8,22H2,1-4H3. The SMILES string of the molecule is Cn1cc(-c2cnn3c(N)cc(C4CCC(C(=O)OC(C)(C)C)CC4)nc23)cn1. The van der Waals surface area contributed by atoms with E-state index < -0.39 is 5.60 Å². The van der Waals surface area contributed by atoms with Crippen molar-refractivity contribution >= 4 is 17.4 Å². The Morgan fingerprint density at radius 2 is 1.90 bits per heavy atom. The average Bonchev–Trinajstić information content (AvgIpc) is 3.26. The van der Waals surface area contributed by atoms with Crippen LogP contribution >= 0.6 is 0 Å². The van der Waals surface area contributed by atoms with E-state index in [1.807, 2.05) is 40.1 Å². The number of nitrogens with zero attached hydrogens (tertiary/aromatic N) is 5. The number of nitrogens with two attached hydrogens (primary N) is 1. The number of aryl methyl sites for hydroxylation is 1. The van der Waals surface area contributed by atoms with Crippen LogP contribution in [0.5, 0.6) is 0 Å². The van der Waals surface area contributed by atoms with E-state index >= 15 is 0 Å². The van der Waals surface area contributed by atoms with Gasteiger partial charge in [0.1, 0.15) is 11.4 Å². The molecule has 0 unspecified atom stereocenters. The molecule has 0 saturated heterocycles. The molecule has 0 aliphatic heterocycles. The first-order chi connectivity index (χ1) is 13.7. The van der Waals surface area contributed by atoms with Crippen molar-refractivity contribution in [3.63, 3.8) is 0 Å². The number of fused-ring (bicyclic) bond motifs is 1. The van der Waals surface area contributed by atoms with Crippen molar-refractivity contribution in [3.05, 3.63) is 30.4 Å². The number of aromatic nitrogens is 5. The summed E-state index contributed by atoms with van der Waals surface area (Å²) in [6.07, 6.45) is 8.91. The van der Waals surface area contributed by atoms with Crippen molar-refractivity contribution in [3.8, 4) is 11.1 Å². The molecule has 0 radical (unpaired) electrons. The Hall–Kier alpha value is -2.90. The summed E-state index contributed by atoms with van der Waals surface area (Å²) in [4.78, 5) is 17.3. The third kappa shape index (κ3) is 3.97. The van der Waals surface area contributed by atoms with E-state index in [2.05, 4.69) is 10.2 Å². The van der Waals surface area contributed by atoms with E-state index in [0.717, 1.165) is 48.2 Å². The Balaban J connectivity index is 1.55. The van der Waals surface area contributed by atoms with Crippen LogP contribution in [0.3, 0.4) is 0 Å². The van der Waals surface area contributed by atoms with Gasteiger partial charge in [0, 0.05) is 42.0 Å². The number of carbonyl (C=O) groups is 1. The molecule has 3 aromatic rings. The Morgan fingerprint density at radius 3 is 2.52 bits per heavy atom. The van der Waals surface area contributed by atoms with Gasteiger partial charge in [0.15, 0.2) is 5.65 Å². The highest BCUT2D eigenvalue weighted by Gasteiger charge is 2.31. The summed E-state index contributed by atoms with van der Waals surface area (Å²) in [6, 6.07) is 1.91. The number of anilines is 1. The van der Waals surface area contributed by atoms with E-state index in [-0.39, 0.29) is 17.8 Å². The molecular weight excluding hydrogens is 368 g/mol. The van der Waals surface area contributed by atoms with Crippen LogP contribution in [0.15, 0.2) is 24.7 Å². The molecule has 8 nitrogen and oxygen atoms in total. The predicted molar refractivity (Wildman–Crippen MR) is 110 cm³/mol. The fraction of sp³-hybridized carbons (Fsp3) is 0.524. The fourth-order valence-corrected chi connectivity index (χ4v) is 3.99. The molecule has 29 heavy (non-hydrogen) atoms. The Bertz CT molecular complexity index is 1040. The third-order valence-corrected chi connectivity index (χ3v) is 5.42. The van der Waals surface area contributed by atoms with Crippen molar-refractivity contribution in [1.29, 1.82) is 0 Å². The van der Waals surface area contributed by atoms with Crippen molar-refractivity contribution in [2.75, 3.05) is 5.73 Å². The number of nitrogen functional groups attached to an aromatic ring is 1. The fourth-order valence-electron chi connectivity index (χ4n) is 3.99. The number of hydrogen-bond acceptors (Lipinski definition) is 6. The lowest BCUT2D eigenvalue weighted by atomic mass is 9.80. The van der Waals surface area contributed by atoms with Crippen LogP contribution < -0.4 is 5.73 Å². The lowest BCUT2D eigenvalue weighted by molar-refractivity contribution is -0.161. The average molecular weight is 396 g/mol. The topological polar surface area (TPSA) is 100 Å². The van der Waals surface area contributed by atoms with E-state index in [9.17, 15) is 4.79 Å². The maximum Gasteiger partial charge on any atom is 0.309 e. The minimum absolute atomic E-state index is 0.0347. The first-order valence-electron chi connectivity index (χ1n) is 10.1. The van der Waals surface area contributed by atoms with E-state index in [4.69, 9.17) is 15.5 Å². The number of ether oxygens (including phenoxy) is 1. The first-order valence-corrected chi connectivity index (χ1v) is 10.1. The summed E-state index contributed by atoms with van der Waals surface area (Å²) in [5.41, 5.74) is 9.40. The van der Waals surface area contributed by atoms with Crippen molar-refractivity contribution < 1.29 is 9.53 Å². The molecule has 154 valence electrons. The van der Waals surface area contributed by atoms with E-state index in [1.165, 1.54) is 0 Å². The van der Waals surface area contributed by atoms with Crippen LogP contribution in [-0.4, -0.2) is 35.9 Å². The highest BCUT2D eigenvalue weighted by molar-refractivity contribution is 5.77. The second-order valence-corrected chi connectivity index (χ2v) is 8.88. The summed E-state index contributed by atoms with van der Waals surface area (Å²) >= 11 is 0. The molecule has 3 aromatic heterocycles. The number of hydrogen-bond donors (Lipinski definition) is 1. The molecule has 0 amide bonds. The normalized spacial score (nSPS) is 20.1. The Labute approximate surface area is 170 Å². The Morgan fingerprint density at radius 1 is 1.17 bits per heavy atom. The lowest BCUT2D eigenvalue weighted by Crippen LogP contribution is -2.30. The molecule has 1 aliphatic carbocycles. The first kappa shape index (κ1) is 19.4. The number of esters is 1. The monoisotopic (exact) mass is 396 g/mol. The van der Waals surface area contributed by atoms with Crippen LogP contribution in [-0.2, 0) is 16.6 Å². The molecular formula is C21H28N6O2. The number of carbonyl (C=O) groups excluding carboxylic acids is 1. The van der Waals surface area contributed by atoms with Crippen LogP contribution in [0, 0.1) is 5.92 Å². The van der Waals surface area contributed by atoms with Crippen LogP contribution in [0.2, 0.25) is 0 Å². The third-order valence-electron chi connectivity index (χ3n) is 5.42. The molecule has 2 N–H and O–H groups in total. The largest absolute Gasteiger partial charge is 0.460 e. The molecule has 0 bridgehead atoms. The van der Waals surface area contributed by atoms with Gasteiger partial charge in [-0.25, -0.2) is 4.98 Å². The minimum atomic E-state index is -0.445. The molecule has 0 atom stereocenters. The zero-order valence-electron chi connectivity index (χ0n) is 17.4. The summed E-state index contributed by atoms with van der Waals surface area (Å²) in [6.45, 7) is 5.72. The lowest BCUT2D eigenvalue weighted by Gasteiger charge is -2.29. The van der Waals surface area contributed by atoms with Gasteiger partial charge in [0.05, 0.1) is 18.3 Å². The summed E-state index contributed by atoms with van der Waals surface area (Å²) in [7, 11) is 1.88. The van der Waals surface area contributed by atoms with Gasteiger partial charge in [-0.1, -0.05) is 0 Å². The molecule has 1 fully saturated rings. The zero-order valence-corrected chi connectivity index (χ0v) is 17.4. The highest BCUT2D eigenvalue weighted by atomic mass is 16.6. The van der Waals surface area contributed by atoms with Crippen LogP contribution in [0.1, 0.15) is 58.1 Å². The second-order valence-electron chi connectivity index (χ2n) is 8.88. The van der Waals surface area contributed by atoms with Gasteiger partial charge in [-0.3, -0.25) is 9.48 Å². The van der Waals surface area contributed by atoms with Gasteiger partial charge in [-0.2, -0.15) is 14.7 Å². The van der Waals surface area contributed by atoms with Gasteiger partial charge >= 0.3 is 5.97 Å². The molecule has 3 heterocycles. The van der Waals surface area contributed by atoms with Gasteiger partial charge in [0.25, 0.3) is 0 Å². The van der Waals surface area contributed by atoms with E-state index in [1.54, 1.807) is 21.6 Å². The van der Waals surface area contributed by atoms with Crippen molar-refractivity contribution in [2.24, 2.45) is 13.0 Å². The van der Waals surface area contributed by atoms with Gasteiger partial charge in [-0.05, 0) is 46.5 Å². The quantitative estimate of drug-likeness (QED) is 0.682. The van der Waals surface area contributed by atoms with E-state index in [0.29, 0.717) is 5.82 Å². The molecule has 4 rings (SSSR count). The van der Waals surface area contributed by atoms with Gasteiger partial charge in [-0.15, -0.1) is 0 Å². The summed E-state index contributed by atoms with van der Waals surface area (Å²) in [5.74, 6) is 0.716. The molecule has 1 aliphatic rings. The molecule has 0 spiro atoms. The molecule has 8 heteroatoms. The smallest absolute Gasteiger partial charge is 0.309 e. The zero-order chi connectivity index (χ0) is 20.8. The van der Waals surface area contributed by atoms with Crippen molar-refractivity contribution in [1.82, 2.24) is 24.4 Å². The van der Waals surface area contributed by atoms with Crippen molar-refractivity contribution in [2.45, 2.75) is 58.0 Å². The van der Waals surface area contributed by atoms with Gasteiger partial charge < -0.3 is 10.5 Å². The highest BCUT2D eigenvalue weighted by Crippen LogP contribution is 2.37. The maximum atomic E-state index is 12.4. The predicted octanol–water partition coefficient (Wildman–Crippen LogP) is 3.33. The summed E-state index contributed by atoms with van der Waals surface area (Å²) in [5, 5.41) is 8.63. The van der Waals surface area contributed by atoms with Crippen LogP contribution in [0.4, 0.5) is 5.82 Å². The van der Waals surface area contributed by atoms with Crippen LogP contribution in [0.25, 0.3) is 16.8 Å².